The second-order valence-corrected chi connectivity index (χ2v) is 4.33. The van der Waals surface area contributed by atoms with E-state index in [0.29, 0.717) is 11.0 Å². The van der Waals surface area contributed by atoms with E-state index in [2.05, 4.69) is 15.0 Å². The molecule has 0 radical (unpaired) electrons. The largest absolute Gasteiger partial charge is 0.253 e. The van der Waals surface area contributed by atoms with Crippen LogP contribution < -0.4 is 0 Å². The molecule has 0 spiro atoms. The lowest BCUT2D eigenvalue weighted by atomic mass is 10.2. The molecular weight excluding hydrogens is 234 g/mol. The summed E-state index contributed by atoms with van der Waals surface area (Å²) < 4.78 is 0. The predicted octanol–water partition coefficient (Wildman–Crippen LogP) is 3.37. The summed E-state index contributed by atoms with van der Waals surface area (Å²) in [6.45, 7) is 5.99. The summed E-state index contributed by atoms with van der Waals surface area (Å²) in [6.07, 6.45) is 2.64. The zero-order valence-electron chi connectivity index (χ0n) is 10.2. The standard InChI is InChI=1S/C13H14ClN3/c1-4-10-9(3)16-13(17-12(10)14)11-6-5-8(2)7-15-11/h5-7H,4H2,1-3H3. The molecule has 0 atom stereocenters. The highest BCUT2D eigenvalue weighted by atomic mass is 35.5. The van der Waals surface area contributed by atoms with Crippen molar-refractivity contribution in [1.29, 1.82) is 0 Å². The Hall–Kier alpha value is -1.48. The molecule has 17 heavy (non-hydrogen) atoms. The van der Waals surface area contributed by atoms with E-state index in [0.717, 1.165) is 28.9 Å². The third kappa shape index (κ3) is 2.44. The summed E-state index contributed by atoms with van der Waals surface area (Å²) in [5.74, 6) is 0.588. The van der Waals surface area contributed by atoms with Crippen molar-refractivity contribution in [3.8, 4) is 11.5 Å². The molecular formula is C13H14ClN3. The predicted molar refractivity (Wildman–Crippen MR) is 69.1 cm³/mol. The molecule has 0 N–H and O–H groups in total. The minimum Gasteiger partial charge on any atom is -0.253 e. The summed E-state index contributed by atoms with van der Waals surface area (Å²) in [6, 6.07) is 3.90. The number of rotatable bonds is 2. The van der Waals surface area contributed by atoms with Crippen molar-refractivity contribution in [1.82, 2.24) is 15.0 Å². The molecule has 0 unspecified atom stereocenters. The van der Waals surface area contributed by atoms with Gasteiger partial charge in [0.1, 0.15) is 10.8 Å². The molecule has 2 heterocycles. The lowest BCUT2D eigenvalue weighted by Gasteiger charge is -2.07. The molecule has 0 saturated carbocycles. The van der Waals surface area contributed by atoms with Crippen molar-refractivity contribution in [2.45, 2.75) is 27.2 Å². The summed E-state index contributed by atoms with van der Waals surface area (Å²) >= 11 is 6.14. The van der Waals surface area contributed by atoms with Gasteiger partial charge in [-0.3, -0.25) is 4.98 Å². The summed E-state index contributed by atoms with van der Waals surface area (Å²) in [7, 11) is 0. The highest BCUT2D eigenvalue weighted by Crippen LogP contribution is 2.21. The first-order chi connectivity index (χ1) is 8.11. The van der Waals surface area contributed by atoms with Gasteiger partial charge in [0.05, 0.1) is 0 Å². The molecule has 0 aliphatic rings. The van der Waals surface area contributed by atoms with Crippen LogP contribution in [0.4, 0.5) is 0 Å². The van der Waals surface area contributed by atoms with Crippen LogP contribution in [0.15, 0.2) is 18.3 Å². The molecule has 0 aliphatic heterocycles. The van der Waals surface area contributed by atoms with E-state index in [4.69, 9.17) is 11.6 Å². The summed E-state index contributed by atoms with van der Waals surface area (Å²) in [5, 5.41) is 0.525. The van der Waals surface area contributed by atoms with Crippen molar-refractivity contribution in [3.63, 3.8) is 0 Å². The highest BCUT2D eigenvalue weighted by Gasteiger charge is 2.10. The van der Waals surface area contributed by atoms with Crippen molar-refractivity contribution in [3.05, 3.63) is 40.3 Å². The molecule has 0 saturated heterocycles. The fraction of sp³-hybridized carbons (Fsp3) is 0.308. The molecule has 2 aromatic heterocycles. The van der Waals surface area contributed by atoms with Crippen LogP contribution in [0.5, 0.6) is 0 Å². The first-order valence-corrected chi connectivity index (χ1v) is 5.95. The Balaban J connectivity index is 2.50. The minimum absolute atomic E-state index is 0.525. The molecule has 0 aromatic carbocycles. The van der Waals surface area contributed by atoms with Crippen LogP contribution in [0.25, 0.3) is 11.5 Å². The Labute approximate surface area is 106 Å². The smallest absolute Gasteiger partial charge is 0.179 e. The Bertz CT molecular complexity index is 512. The Kier molecular flexibility index (Phi) is 3.38. The first-order valence-electron chi connectivity index (χ1n) is 5.58. The Morgan fingerprint density at radius 1 is 1.18 bits per heavy atom. The van der Waals surface area contributed by atoms with E-state index in [1.807, 2.05) is 32.9 Å². The van der Waals surface area contributed by atoms with E-state index in [1.54, 1.807) is 6.20 Å². The van der Waals surface area contributed by atoms with Gasteiger partial charge in [0, 0.05) is 17.5 Å². The van der Waals surface area contributed by atoms with Gasteiger partial charge in [0.25, 0.3) is 0 Å². The van der Waals surface area contributed by atoms with Crippen LogP contribution in [-0.2, 0) is 6.42 Å². The third-order valence-electron chi connectivity index (χ3n) is 2.66. The Morgan fingerprint density at radius 3 is 2.47 bits per heavy atom. The van der Waals surface area contributed by atoms with Gasteiger partial charge in [-0.25, -0.2) is 9.97 Å². The molecule has 2 aromatic rings. The van der Waals surface area contributed by atoms with Crippen LogP contribution in [-0.4, -0.2) is 15.0 Å². The number of hydrogen-bond donors (Lipinski definition) is 0. The van der Waals surface area contributed by atoms with E-state index in [-0.39, 0.29) is 0 Å². The molecule has 4 heteroatoms. The zero-order chi connectivity index (χ0) is 12.4. The van der Waals surface area contributed by atoms with Gasteiger partial charge in [0.2, 0.25) is 0 Å². The topological polar surface area (TPSA) is 38.7 Å². The van der Waals surface area contributed by atoms with Crippen molar-refractivity contribution < 1.29 is 0 Å². The molecule has 0 fully saturated rings. The molecule has 3 nitrogen and oxygen atoms in total. The van der Waals surface area contributed by atoms with Crippen LogP contribution in [0, 0.1) is 13.8 Å². The number of aryl methyl sites for hydroxylation is 2. The SMILES string of the molecule is CCc1c(C)nc(-c2ccc(C)cn2)nc1Cl. The number of hydrogen-bond acceptors (Lipinski definition) is 3. The maximum Gasteiger partial charge on any atom is 0.179 e. The van der Waals surface area contributed by atoms with E-state index >= 15 is 0 Å². The van der Waals surface area contributed by atoms with Crippen molar-refractivity contribution >= 4 is 11.6 Å². The molecule has 0 amide bonds. The Morgan fingerprint density at radius 2 is 1.94 bits per heavy atom. The second-order valence-electron chi connectivity index (χ2n) is 3.98. The third-order valence-corrected chi connectivity index (χ3v) is 2.97. The molecule has 0 aliphatic carbocycles. The van der Waals surface area contributed by atoms with Gasteiger partial charge >= 0.3 is 0 Å². The van der Waals surface area contributed by atoms with E-state index < -0.39 is 0 Å². The number of pyridine rings is 1. The summed E-state index contributed by atoms with van der Waals surface area (Å²) in [5.41, 5.74) is 3.79. The first kappa shape index (κ1) is 12.0. The average Bonchev–Trinajstić information content (AvgIpc) is 2.29. The maximum atomic E-state index is 6.14. The fourth-order valence-corrected chi connectivity index (χ4v) is 2.03. The van der Waals surface area contributed by atoms with Crippen LogP contribution in [0.2, 0.25) is 5.15 Å². The van der Waals surface area contributed by atoms with Gasteiger partial charge in [-0.15, -0.1) is 0 Å². The number of halogens is 1. The van der Waals surface area contributed by atoms with Gasteiger partial charge in [-0.05, 0) is 31.9 Å². The number of nitrogens with zero attached hydrogens (tertiary/aromatic N) is 3. The molecule has 88 valence electrons. The number of aromatic nitrogens is 3. The summed E-state index contributed by atoms with van der Waals surface area (Å²) in [4.78, 5) is 13.0. The molecule has 0 bridgehead atoms. The van der Waals surface area contributed by atoms with E-state index in [9.17, 15) is 0 Å². The normalized spacial score (nSPS) is 10.6. The van der Waals surface area contributed by atoms with Gasteiger partial charge < -0.3 is 0 Å². The van der Waals surface area contributed by atoms with Crippen LogP contribution in [0.3, 0.4) is 0 Å². The van der Waals surface area contributed by atoms with Crippen molar-refractivity contribution in [2.24, 2.45) is 0 Å². The zero-order valence-corrected chi connectivity index (χ0v) is 10.9. The maximum absolute atomic E-state index is 6.14. The minimum atomic E-state index is 0.525. The van der Waals surface area contributed by atoms with Crippen LogP contribution >= 0.6 is 11.6 Å². The fourth-order valence-electron chi connectivity index (χ4n) is 1.68. The van der Waals surface area contributed by atoms with Gasteiger partial charge in [0.15, 0.2) is 5.82 Å². The monoisotopic (exact) mass is 247 g/mol. The average molecular weight is 248 g/mol. The second kappa shape index (κ2) is 4.80. The van der Waals surface area contributed by atoms with Gasteiger partial charge in [-0.1, -0.05) is 24.6 Å². The molecule has 2 rings (SSSR count). The quantitative estimate of drug-likeness (QED) is 0.764. The van der Waals surface area contributed by atoms with Crippen molar-refractivity contribution in [2.75, 3.05) is 0 Å². The van der Waals surface area contributed by atoms with Gasteiger partial charge in [-0.2, -0.15) is 0 Å². The lowest BCUT2D eigenvalue weighted by Crippen LogP contribution is -2.00. The van der Waals surface area contributed by atoms with E-state index in [1.165, 1.54) is 0 Å². The highest BCUT2D eigenvalue weighted by molar-refractivity contribution is 6.30. The lowest BCUT2D eigenvalue weighted by molar-refractivity contribution is 0.994. The van der Waals surface area contributed by atoms with Crippen LogP contribution in [0.1, 0.15) is 23.7 Å².